The van der Waals surface area contributed by atoms with Gasteiger partial charge in [-0.2, -0.15) is 0 Å². The average Bonchev–Trinajstić information content (AvgIpc) is 2.23. The van der Waals surface area contributed by atoms with Gasteiger partial charge in [-0.25, -0.2) is 0 Å². The van der Waals surface area contributed by atoms with Crippen LogP contribution < -0.4 is 4.74 Å². The lowest BCUT2D eigenvalue weighted by atomic mass is 10.0. The summed E-state index contributed by atoms with van der Waals surface area (Å²) >= 11 is 0. The minimum atomic E-state index is -0.0743. The molecule has 1 atom stereocenters. The molecule has 3 nitrogen and oxygen atoms in total. The van der Waals surface area contributed by atoms with Gasteiger partial charge in [0.2, 0.25) is 0 Å². The Kier molecular flexibility index (Phi) is 2.90. The van der Waals surface area contributed by atoms with Crippen LogP contribution in [-0.2, 0) is 16.0 Å². The zero-order valence-electron chi connectivity index (χ0n) is 8.73. The van der Waals surface area contributed by atoms with E-state index in [0.29, 0.717) is 6.42 Å². The number of ether oxygens (including phenoxy) is 2. The van der Waals surface area contributed by atoms with Crippen LogP contribution in [0.15, 0.2) is 24.3 Å². The van der Waals surface area contributed by atoms with Crippen molar-refractivity contribution in [2.75, 3.05) is 7.11 Å². The average molecular weight is 206 g/mol. The minimum Gasteiger partial charge on any atom is -0.497 e. The number of benzene rings is 1. The van der Waals surface area contributed by atoms with Gasteiger partial charge in [-0.1, -0.05) is 12.1 Å². The fourth-order valence-electron chi connectivity index (χ4n) is 1.64. The van der Waals surface area contributed by atoms with Gasteiger partial charge in [0.15, 0.2) is 0 Å². The van der Waals surface area contributed by atoms with E-state index in [9.17, 15) is 4.79 Å². The highest BCUT2D eigenvalue weighted by molar-refractivity contribution is 5.75. The Morgan fingerprint density at radius 3 is 2.60 bits per heavy atom. The number of carbonyl (C=O) groups is 1. The van der Waals surface area contributed by atoms with Crippen molar-refractivity contribution in [2.24, 2.45) is 0 Å². The summed E-state index contributed by atoms with van der Waals surface area (Å²) in [6.45, 7) is 0. The van der Waals surface area contributed by atoms with Gasteiger partial charge in [-0.15, -0.1) is 0 Å². The predicted molar refractivity (Wildman–Crippen MR) is 55.8 cm³/mol. The second kappa shape index (κ2) is 4.34. The molecule has 0 spiro atoms. The van der Waals surface area contributed by atoms with Gasteiger partial charge in [-0.05, 0) is 30.5 Å². The summed E-state index contributed by atoms with van der Waals surface area (Å²) in [6.07, 6.45) is 2.58. The maximum Gasteiger partial charge on any atom is 0.309 e. The van der Waals surface area contributed by atoms with Crippen molar-refractivity contribution in [3.8, 4) is 5.75 Å². The van der Waals surface area contributed by atoms with Crippen molar-refractivity contribution in [2.45, 2.75) is 25.4 Å². The van der Waals surface area contributed by atoms with E-state index in [1.807, 2.05) is 24.3 Å². The minimum absolute atomic E-state index is 0.0743. The van der Waals surface area contributed by atoms with Gasteiger partial charge in [0.05, 0.1) is 13.5 Å². The molecule has 80 valence electrons. The molecular weight excluding hydrogens is 192 g/mol. The molecule has 2 rings (SSSR count). The zero-order chi connectivity index (χ0) is 10.7. The first-order valence-electron chi connectivity index (χ1n) is 5.10. The number of esters is 1. The van der Waals surface area contributed by atoms with Crippen LogP contribution in [0, 0.1) is 0 Å². The lowest BCUT2D eigenvalue weighted by Crippen LogP contribution is -2.32. The summed E-state index contributed by atoms with van der Waals surface area (Å²) in [5.74, 6) is 0.795. The Labute approximate surface area is 89.0 Å². The van der Waals surface area contributed by atoms with Gasteiger partial charge in [-0.3, -0.25) is 4.79 Å². The van der Waals surface area contributed by atoms with Crippen LogP contribution in [-0.4, -0.2) is 19.2 Å². The standard InChI is InChI=1S/C12H14O3/c1-14-10-5-2-9(3-6-10)4-7-11-8-12(13)15-11/h2-3,5-6,11H,4,7-8H2,1H3/t11-/m1/s1. The van der Waals surface area contributed by atoms with E-state index in [1.165, 1.54) is 5.56 Å². The third kappa shape index (κ3) is 2.49. The van der Waals surface area contributed by atoms with Crippen LogP contribution in [0.5, 0.6) is 5.75 Å². The van der Waals surface area contributed by atoms with Crippen LogP contribution >= 0.6 is 0 Å². The highest BCUT2D eigenvalue weighted by atomic mass is 16.6. The summed E-state index contributed by atoms with van der Waals surface area (Å²) < 4.78 is 10.0. The Morgan fingerprint density at radius 1 is 1.40 bits per heavy atom. The van der Waals surface area contributed by atoms with E-state index < -0.39 is 0 Å². The van der Waals surface area contributed by atoms with Crippen molar-refractivity contribution >= 4 is 5.97 Å². The molecule has 0 aliphatic carbocycles. The summed E-state index contributed by atoms with van der Waals surface area (Å²) in [6, 6.07) is 7.98. The van der Waals surface area contributed by atoms with E-state index >= 15 is 0 Å². The summed E-state index contributed by atoms with van der Waals surface area (Å²) in [7, 11) is 1.66. The molecule has 0 unspecified atom stereocenters. The molecule has 1 aliphatic rings. The molecule has 1 aromatic carbocycles. The van der Waals surface area contributed by atoms with Crippen molar-refractivity contribution in [1.82, 2.24) is 0 Å². The van der Waals surface area contributed by atoms with Crippen molar-refractivity contribution in [1.29, 1.82) is 0 Å². The number of hydrogen-bond donors (Lipinski definition) is 0. The van der Waals surface area contributed by atoms with Gasteiger partial charge in [0.25, 0.3) is 0 Å². The molecule has 0 saturated carbocycles. The van der Waals surface area contributed by atoms with Crippen molar-refractivity contribution in [3.63, 3.8) is 0 Å². The van der Waals surface area contributed by atoms with Crippen LogP contribution in [0.2, 0.25) is 0 Å². The molecule has 0 bridgehead atoms. The Morgan fingerprint density at radius 2 is 2.07 bits per heavy atom. The third-order valence-corrected chi connectivity index (χ3v) is 2.61. The van der Waals surface area contributed by atoms with E-state index in [0.717, 1.165) is 18.6 Å². The summed E-state index contributed by atoms with van der Waals surface area (Å²) in [5, 5.41) is 0. The molecule has 0 radical (unpaired) electrons. The molecule has 0 N–H and O–H groups in total. The van der Waals surface area contributed by atoms with Crippen LogP contribution in [0.4, 0.5) is 0 Å². The van der Waals surface area contributed by atoms with E-state index in [1.54, 1.807) is 7.11 Å². The Bertz CT molecular complexity index is 334. The van der Waals surface area contributed by atoms with Crippen LogP contribution in [0.3, 0.4) is 0 Å². The fourth-order valence-corrected chi connectivity index (χ4v) is 1.64. The molecular formula is C12H14O3. The fraction of sp³-hybridized carbons (Fsp3) is 0.417. The molecule has 0 amide bonds. The zero-order valence-corrected chi connectivity index (χ0v) is 8.73. The van der Waals surface area contributed by atoms with Gasteiger partial charge in [0.1, 0.15) is 11.9 Å². The topological polar surface area (TPSA) is 35.5 Å². The normalized spacial score (nSPS) is 19.3. The lowest BCUT2D eigenvalue weighted by molar-refractivity contribution is -0.169. The molecule has 1 aromatic rings. The SMILES string of the molecule is COc1ccc(CC[C@@H]2CC(=O)O2)cc1. The number of cyclic esters (lactones) is 1. The largest absolute Gasteiger partial charge is 0.497 e. The first kappa shape index (κ1) is 10.0. The molecule has 1 aliphatic heterocycles. The maximum absolute atomic E-state index is 10.6. The van der Waals surface area contributed by atoms with Crippen LogP contribution in [0.1, 0.15) is 18.4 Å². The van der Waals surface area contributed by atoms with Gasteiger partial charge in [0, 0.05) is 0 Å². The molecule has 1 saturated heterocycles. The number of rotatable bonds is 4. The second-order valence-corrected chi connectivity index (χ2v) is 3.70. The van der Waals surface area contributed by atoms with Gasteiger partial charge < -0.3 is 9.47 Å². The number of aryl methyl sites for hydroxylation is 1. The van der Waals surface area contributed by atoms with Crippen molar-refractivity contribution < 1.29 is 14.3 Å². The quantitative estimate of drug-likeness (QED) is 0.706. The molecule has 15 heavy (non-hydrogen) atoms. The second-order valence-electron chi connectivity index (χ2n) is 3.70. The lowest BCUT2D eigenvalue weighted by Gasteiger charge is -2.25. The summed E-state index contributed by atoms with van der Waals surface area (Å²) in [5.41, 5.74) is 1.25. The molecule has 1 fully saturated rings. The molecule has 0 aromatic heterocycles. The highest BCUT2D eigenvalue weighted by Crippen LogP contribution is 2.20. The smallest absolute Gasteiger partial charge is 0.309 e. The Hall–Kier alpha value is -1.51. The molecule has 3 heteroatoms. The first-order valence-corrected chi connectivity index (χ1v) is 5.10. The van der Waals surface area contributed by atoms with Crippen LogP contribution in [0.25, 0.3) is 0 Å². The number of carbonyl (C=O) groups excluding carboxylic acids is 1. The Balaban J connectivity index is 1.80. The number of hydrogen-bond acceptors (Lipinski definition) is 3. The molecule has 1 heterocycles. The predicted octanol–water partition coefficient (Wildman–Crippen LogP) is 1.94. The third-order valence-electron chi connectivity index (χ3n) is 2.61. The summed E-state index contributed by atoms with van der Waals surface area (Å²) in [4.78, 5) is 10.6. The van der Waals surface area contributed by atoms with E-state index in [4.69, 9.17) is 9.47 Å². The van der Waals surface area contributed by atoms with E-state index in [2.05, 4.69) is 0 Å². The monoisotopic (exact) mass is 206 g/mol. The van der Waals surface area contributed by atoms with Crippen molar-refractivity contribution in [3.05, 3.63) is 29.8 Å². The maximum atomic E-state index is 10.6. The first-order chi connectivity index (χ1) is 7.28. The highest BCUT2D eigenvalue weighted by Gasteiger charge is 2.27. The van der Waals surface area contributed by atoms with E-state index in [-0.39, 0.29) is 12.1 Å². The number of methoxy groups -OCH3 is 1. The van der Waals surface area contributed by atoms with Gasteiger partial charge >= 0.3 is 5.97 Å².